The number of aromatic nitrogens is 2. The van der Waals surface area contributed by atoms with Crippen LogP contribution in [-0.4, -0.2) is 31.2 Å². The van der Waals surface area contributed by atoms with E-state index < -0.39 is 27.7 Å². The molecule has 0 aliphatic carbocycles. The van der Waals surface area contributed by atoms with Gasteiger partial charge in [-0.2, -0.15) is 5.26 Å². The number of benzene rings is 1. The third-order valence-electron chi connectivity index (χ3n) is 2.97. The van der Waals surface area contributed by atoms with Gasteiger partial charge in [-0.25, -0.2) is 31.9 Å². The molecule has 2 rings (SSSR count). The van der Waals surface area contributed by atoms with Gasteiger partial charge in [-0.15, -0.1) is 0 Å². The number of anilines is 1. The minimum Gasteiger partial charge on any atom is -0.346 e. The molecule has 24 heavy (non-hydrogen) atoms. The molecule has 0 spiro atoms. The summed E-state index contributed by atoms with van der Waals surface area (Å²) in [5.41, 5.74) is 0.278. The molecule has 1 aromatic carbocycles. The van der Waals surface area contributed by atoms with E-state index in [2.05, 4.69) is 20.0 Å². The highest BCUT2D eigenvalue weighted by Crippen LogP contribution is 2.21. The molecule has 1 aromatic heterocycles. The summed E-state index contributed by atoms with van der Waals surface area (Å²) in [7, 11) is -3.52. The van der Waals surface area contributed by atoms with E-state index in [-0.39, 0.29) is 23.6 Å². The summed E-state index contributed by atoms with van der Waals surface area (Å²) in [4.78, 5) is 7.78. The Labute approximate surface area is 137 Å². The van der Waals surface area contributed by atoms with Crippen molar-refractivity contribution < 1.29 is 17.2 Å². The van der Waals surface area contributed by atoms with E-state index in [1.54, 1.807) is 0 Å². The van der Waals surface area contributed by atoms with Crippen molar-refractivity contribution in [3.05, 3.63) is 53.4 Å². The standard InChI is InChI=1S/C14H13F2N5O2S/c1-24(22,23)20-8-13(11-3-2-10(15)4-12(11)16)21-14-18-6-9(5-17)7-19-14/h2-4,6-7,13,20H,8H2,1H3,(H,18,19,21). The van der Waals surface area contributed by atoms with Crippen molar-refractivity contribution >= 4 is 16.0 Å². The minimum absolute atomic E-state index is 0.0421. The number of hydrogen-bond acceptors (Lipinski definition) is 6. The number of sulfonamides is 1. The van der Waals surface area contributed by atoms with E-state index in [1.165, 1.54) is 18.5 Å². The van der Waals surface area contributed by atoms with Gasteiger partial charge in [0.25, 0.3) is 0 Å². The third-order valence-corrected chi connectivity index (χ3v) is 3.66. The lowest BCUT2D eigenvalue weighted by Gasteiger charge is -2.20. The van der Waals surface area contributed by atoms with Gasteiger partial charge in [-0.1, -0.05) is 6.07 Å². The fraction of sp³-hybridized carbons (Fsp3) is 0.214. The van der Waals surface area contributed by atoms with Crippen LogP contribution in [0.25, 0.3) is 0 Å². The van der Waals surface area contributed by atoms with E-state index in [1.807, 2.05) is 6.07 Å². The van der Waals surface area contributed by atoms with Crippen molar-refractivity contribution in [3.8, 4) is 6.07 Å². The van der Waals surface area contributed by atoms with Crippen LogP contribution >= 0.6 is 0 Å². The SMILES string of the molecule is CS(=O)(=O)NCC(Nc1ncc(C#N)cn1)c1ccc(F)cc1F. The highest BCUT2D eigenvalue weighted by Gasteiger charge is 2.19. The highest BCUT2D eigenvalue weighted by molar-refractivity contribution is 7.88. The molecule has 0 amide bonds. The van der Waals surface area contributed by atoms with Crippen LogP contribution in [0.5, 0.6) is 0 Å². The van der Waals surface area contributed by atoms with Gasteiger partial charge in [0.05, 0.1) is 30.3 Å². The van der Waals surface area contributed by atoms with Crippen molar-refractivity contribution in [2.24, 2.45) is 0 Å². The number of nitriles is 1. The Balaban J connectivity index is 2.29. The number of halogens is 2. The Morgan fingerprint density at radius 3 is 2.50 bits per heavy atom. The largest absolute Gasteiger partial charge is 0.346 e. The normalized spacial score (nSPS) is 12.4. The van der Waals surface area contributed by atoms with Crippen LogP contribution < -0.4 is 10.0 Å². The summed E-state index contributed by atoms with van der Waals surface area (Å²) in [6, 6.07) is 3.94. The van der Waals surface area contributed by atoms with E-state index in [9.17, 15) is 17.2 Å². The first-order chi connectivity index (χ1) is 11.3. The molecule has 10 heteroatoms. The molecular weight excluding hydrogens is 340 g/mol. The number of hydrogen-bond donors (Lipinski definition) is 2. The van der Waals surface area contributed by atoms with Gasteiger partial charge in [-0.05, 0) is 6.07 Å². The minimum atomic E-state index is -3.52. The number of rotatable bonds is 6. The third kappa shape index (κ3) is 4.94. The second-order valence-corrected chi connectivity index (χ2v) is 6.72. The van der Waals surface area contributed by atoms with Gasteiger partial charge in [0.15, 0.2) is 0 Å². The first-order valence-corrected chi connectivity index (χ1v) is 8.56. The van der Waals surface area contributed by atoms with Crippen molar-refractivity contribution in [1.29, 1.82) is 5.26 Å². The zero-order valence-electron chi connectivity index (χ0n) is 12.5. The number of nitrogens with one attached hydrogen (secondary N) is 2. The predicted molar refractivity (Wildman–Crippen MR) is 82.3 cm³/mol. The molecule has 7 nitrogen and oxygen atoms in total. The molecule has 2 N–H and O–H groups in total. The van der Waals surface area contributed by atoms with Gasteiger partial charge >= 0.3 is 0 Å². The van der Waals surface area contributed by atoms with Crippen LogP contribution in [0.2, 0.25) is 0 Å². The summed E-state index contributed by atoms with van der Waals surface area (Å²) in [6.45, 7) is -0.204. The molecule has 0 fully saturated rings. The monoisotopic (exact) mass is 353 g/mol. The molecule has 0 saturated heterocycles. The first kappa shape index (κ1) is 17.7. The molecule has 0 aliphatic rings. The highest BCUT2D eigenvalue weighted by atomic mass is 32.2. The molecule has 0 aliphatic heterocycles. The molecule has 1 heterocycles. The average molecular weight is 353 g/mol. The van der Waals surface area contributed by atoms with Crippen molar-refractivity contribution in [2.75, 3.05) is 18.1 Å². The second kappa shape index (κ2) is 7.29. The van der Waals surface area contributed by atoms with Gasteiger partial charge in [0, 0.05) is 18.2 Å². The Hall–Kier alpha value is -2.64. The predicted octanol–water partition coefficient (Wildman–Crippen LogP) is 1.33. The lowest BCUT2D eigenvalue weighted by Crippen LogP contribution is -2.31. The summed E-state index contributed by atoms with van der Waals surface area (Å²) in [5, 5.41) is 11.5. The summed E-state index contributed by atoms with van der Waals surface area (Å²) >= 11 is 0. The topological polar surface area (TPSA) is 108 Å². The van der Waals surface area contributed by atoms with Crippen molar-refractivity contribution in [2.45, 2.75) is 6.04 Å². The molecule has 0 bridgehead atoms. The zero-order chi connectivity index (χ0) is 17.7. The maximum absolute atomic E-state index is 14.0. The fourth-order valence-electron chi connectivity index (χ4n) is 1.87. The van der Waals surface area contributed by atoms with Crippen LogP contribution in [0.1, 0.15) is 17.2 Å². The lowest BCUT2D eigenvalue weighted by molar-refractivity contribution is 0.552. The Kier molecular flexibility index (Phi) is 5.38. The average Bonchev–Trinajstić information content (AvgIpc) is 2.51. The molecule has 2 aromatic rings. The van der Waals surface area contributed by atoms with Gasteiger partial charge in [0.2, 0.25) is 16.0 Å². The van der Waals surface area contributed by atoms with Crippen molar-refractivity contribution in [3.63, 3.8) is 0 Å². The summed E-state index contributed by atoms with van der Waals surface area (Å²) < 4.78 is 51.9. The Morgan fingerprint density at radius 1 is 1.29 bits per heavy atom. The Bertz CT molecular complexity index is 866. The smallest absolute Gasteiger partial charge is 0.223 e. The molecule has 1 atom stereocenters. The van der Waals surface area contributed by atoms with Gasteiger partial charge in [-0.3, -0.25) is 0 Å². The zero-order valence-corrected chi connectivity index (χ0v) is 13.3. The Morgan fingerprint density at radius 2 is 1.96 bits per heavy atom. The van der Waals surface area contributed by atoms with E-state index >= 15 is 0 Å². The molecule has 126 valence electrons. The fourth-order valence-corrected chi connectivity index (χ4v) is 2.34. The molecule has 0 saturated carbocycles. The van der Waals surface area contributed by atoms with Crippen LogP contribution in [-0.2, 0) is 10.0 Å². The first-order valence-electron chi connectivity index (χ1n) is 6.67. The maximum Gasteiger partial charge on any atom is 0.223 e. The van der Waals surface area contributed by atoms with Crippen LogP contribution in [0.4, 0.5) is 14.7 Å². The van der Waals surface area contributed by atoms with Crippen LogP contribution in [0, 0.1) is 23.0 Å². The van der Waals surface area contributed by atoms with Gasteiger partial charge < -0.3 is 5.32 Å². The van der Waals surface area contributed by atoms with E-state index in [0.29, 0.717) is 6.07 Å². The van der Waals surface area contributed by atoms with Crippen LogP contribution in [0.3, 0.4) is 0 Å². The molecule has 1 unspecified atom stereocenters. The van der Waals surface area contributed by atoms with Crippen molar-refractivity contribution in [1.82, 2.24) is 14.7 Å². The molecular formula is C14H13F2N5O2S. The summed E-state index contributed by atoms with van der Waals surface area (Å²) in [6.07, 6.45) is 3.48. The molecule has 0 radical (unpaired) electrons. The number of nitrogens with zero attached hydrogens (tertiary/aromatic N) is 3. The van der Waals surface area contributed by atoms with E-state index in [0.717, 1.165) is 12.3 Å². The quantitative estimate of drug-likeness (QED) is 0.811. The van der Waals surface area contributed by atoms with Gasteiger partial charge in [0.1, 0.15) is 17.7 Å². The lowest BCUT2D eigenvalue weighted by atomic mass is 10.1. The maximum atomic E-state index is 14.0. The second-order valence-electron chi connectivity index (χ2n) is 4.89. The summed E-state index contributed by atoms with van der Waals surface area (Å²) in [5.74, 6) is -1.52. The van der Waals surface area contributed by atoms with E-state index in [4.69, 9.17) is 5.26 Å². The van der Waals surface area contributed by atoms with Crippen LogP contribution in [0.15, 0.2) is 30.6 Å².